The number of allylic oxidation sites excluding steroid dienone is 2. The summed E-state index contributed by atoms with van der Waals surface area (Å²) < 4.78 is 0. The summed E-state index contributed by atoms with van der Waals surface area (Å²) in [7, 11) is 1.83. The SMILES string of the molecule is Cc1cccc(NC(=O)CN(C)CC(=O)N(C2=CCCCC2)C2CC2)c1C. The fourth-order valence-corrected chi connectivity index (χ4v) is 3.66. The Kier molecular flexibility index (Phi) is 6.32. The Hall–Kier alpha value is -2.14. The second-order valence-electron chi connectivity index (χ2n) is 7.90. The summed E-state index contributed by atoms with van der Waals surface area (Å²) in [5.41, 5.74) is 4.26. The molecule has 0 atom stereocenters. The average molecular weight is 370 g/mol. The zero-order valence-corrected chi connectivity index (χ0v) is 16.8. The first-order valence-electron chi connectivity index (χ1n) is 10.0. The molecule has 0 spiro atoms. The standard InChI is InChI=1S/C22H31N3O2/c1-16-8-7-11-20(17(16)2)23-21(26)14-24(3)15-22(27)25(19-12-13-19)18-9-5-4-6-10-18/h7-9,11,19H,4-6,10,12-15H2,1-3H3,(H,23,26). The summed E-state index contributed by atoms with van der Waals surface area (Å²) in [6.45, 7) is 4.51. The maximum atomic E-state index is 12.9. The summed E-state index contributed by atoms with van der Waals surface area (Å²) in [4.78, 5) is 29.1. The summed E-state index contributed by atoms with van der Waals surface area (Å²) in [6, 6.07) is 6.26. The van der Waals surface area contributed by atoms with Gasteiger partial charge in [-0.1, -0.05) is 18.2 Å². The van der Waals surface area contributed by atoms with Crippen LogP contribution in [-0.2, 0) is 9.59 Å². The van der Waals surface area contributed by atoms with Crippen molar-refractivity contribution in [2.24, 2.45) is 0 Å². The van der Waals surface area contributed by atoms with E-state index in [1.165, 1.54) is 12.1 Å². The topological polar surface area (TPSA) is 52.7 Å². The monoisotopic (exact) mass is 369 g/mol. The highest BCUT2D eigenvalue weighted by Crippen LogP contribution is 2.33. The summed E-state index contributed by atoms with van der Waals surface area (Å²) in [5.74, 6) is 0.0292. The van der Waals surface area contributed by atoms with Crippen molar-refractivity contribution in [1.82, 2.24) is 9.80 Å². The van der Waals surface area contributed by atoms with Crippen LogP contribution in [0.5, 0.6) is 0 Å². The molecule has 1 fully saturated rings. The lowest BCUT2D eigenvalue weighted by molar-refractivity contribution is -0.131. The fraction of sp³-hybridized carbons (Fsp3) is 0.545. The van der Waals surface area contributed by atoms with Crippen LogP contribution in [-0.4, -0.2) is 47.8 Å². The number of likely N-dealkylation sites (N-methyl/N-ethyl adjacent to an activating group) is 1. The van der Waals surface area contributed by atoms with Crippen LogP contribution < -0.4 is 5.32 Å². The lowest BCUT2D eigenvalue weighted by atomic mass is 10.0. The van der Waals surface area contributed by atoms with Crippen molar-refractivity contribution in [3.8, 4) is 0 Å². The Morgan fingerprint density at radius 3 is 2.59 bits per heavy atom. The number of hydrogen-bond donors (Lipinski definition) is 1. The highest BCUT2D eigenvalue weighted by molar-refractivity contribution is 5.93. The number of carbonyl (C=O) groups excluding carboxylic acids is 2. The van der Waals surface area contributed by atoms with Crippen LogP contribution >= 0.6 is 0 Å². The molecule has 0 radical (unpaired) electrons. The minimum Gasteiger partial charge on any atom is -0.325 e. The van der Waals surface area contributed by atoms with E-state index in [0.29, 0.717) is 6.04 Å². The third kappa shape index (κ3) is 5.19. The highest BCUT2D eigenvalue weighted by Gasteiger charge is 2.35. The van der Waals surface area contributed by atoms with Crippen molar-refractivity contribution >= 4 is 17.5 Å². The van der Waals surface area contributed by atoms with Gasteiger partial charge in [-0.3, -0.25) is 14.5 Å². The van der Waals surface area contributed by atoms with Gasteiger partial charge in [-0.05, 0) is 76.6 Å². The van der Waals surface area contributed by atoms with Gasteiger partial charge in [0.15, 0.2) is 0 Å². The van der Waals surface area contributed by atoms with Crippen LogP contribution in [0, 0.1) is 13.8 Å². The first kappa shape index (κ1) is 19.6. The van der Waals surface area contributed by atoms with Gasteiger partial charge >= 0.3 is 0 Å². The molecule has 0 bridgehead atoms. The zero-order chi connectivity index (χ0) is 19.4. The van der Waals surface area contributed by atoms with Gasteiger partial charge in [-0.15, -0.1) is 0 Å². The normalized spacial score (nSPS) is 16.8. The molecule has 5 heteroatoms. The Labute approximate surface area is 162 Å². The molecule has 1 saturated carbocycles. The average Bonchev–Trinajstić information content (AvgIpc) is 3.44. The van der Waals surface area contributed by atoms with Crippen molar-refractivity contribution < 1.29 is 9.59 Å². The van der Waals surface area contributed by atoms with E-state index in [4.69, 9.17) is 0 Å². The van der Waals surface area contributed by atoms with Crippen LogP contribution in [0.15, 0.2) is 30.0 Å². The summed E-state index contributed by atoms with van der Waals surface area (Å²) in [5, 5.41) is 2.97. The number of rotatable bonds is 7. The molecule has 2 aliphatic rings. The number of benzene rings is 1. The van der Waals surface area contributed by atoms with E-state index < -0.39 is 0 Å². The van der Waals surface area contributed by atoms with Gasteiger partial charge in [-0.2, -0.15) is 0 Å². The van der Waals surface area contributed by atoms with Gasteiger partial charge in [0, 0.05) is 17.4 Å². The summed E-state index contributed by atoms with van der Waals surface area (Å²) in [6.07, 6.45) is 8.87. The molecule has 2 amide bonds. The Morgan fingerprint density at radius 2 is 1.93 bits per heavy atom. The number of anilines is 1. The molecule has 0 heterocycles. The molecule has 3 rings (SSSR count). The third-order valence-corrected chi connectivity index (χ3v) is 5.45. The maximum absolute atomic E-state index is 12.9. The quantitative estimate of drug-likeness (QED) is 0.799. The number of nitrogens with zero attached hydrogens (tertiary/aromatic N) is 2. The lowest BCUT2D eigenvalue weighted by Gasteiger charge is -2.29. The molecule has 0 saturated heterocycles. The molecule has 5 nitrogen and oxygen atoms in total. The molecule has 0 unspecified atom stereocenters. The molecule has 0 aromatic heterocycles. The second kappa shape index (κ2) is 8.70. The van der Waals surface area contributed by atoms with E-state index in [2.05, 4.69) is 11.4 Å². The van der Waals surface area contributed by atoms with Crippen LogP contribution in [0.1, 0.15) is 49.7 Å². The van der Waals surface area contributed by atoms with E-state index in [-0.39, 0.29) is 24.9 Å². The van der Waals surface area contributed by atoms with Gasteiger partial charge in [0.2, 0.25) is 11.8 Å². The number of amides is 2. The van der Waals surface area contributed by atoms with Gasteiger partial charge in [-0.25, -0.2) is 0 Å². The Morgan fingerprint density at radius 1 is 1.15 bits per heavy atom. The van der Waals surface area contributed by atoms with Crippen LogP contribution in [0.25, 0.3) is 0 Å². The van der Waals surface area contributed by atoms with Crippen molar-refractivity contribution in [3.05, 3.63) is 41.1 Å². The van der Waals surface area contributed by atoms with Crippen molar-refractivity contribution in [2.45, 2.75) is 58.4 Å². The van der Waals surface area contributed by atoms with E-state index >= 15 is 0 Å². The molecular weight excluding hydrogens is 338 g/mol. The largest absolute Gasteiger partial charge is 0.325 e. The van der Waals surface area contributed by atoms with Crippen molar-refractivity contribution in [1.29, 1.82) is 0 Å². The van der Waals surface area contributed by atoms with Gasteiger partial charge in [0.05, 0.1) is 13.1 Å². The molecule has 0 aliphatic heterocycles. The zero-order valence-electron chi connectivity index (χ0n) is 16.8. The second-order valence-corrected chi connectivity index (χ2v) is 7.90. The lowest BCUT2D eigenvalue weighted by Crippen LogP contribution is -2.42. The minimum atomic E-state index is -0.0890. The van der Waals surface area contributed by atoms with Gasteiger partial charge in [0.1, 0.15) is 0 Å². The highest BCUT2D eigenvalue weighted by atomic mass is 16.2. The maximum Gasteiger partial charge on any atom is 0.241 e. The molecule has 146 valence electrons. The van der Waals surface area contributed by atoms with E-state index in [9.17, 15) is 9.59 Å². The Balaban J connectivity index is 1.55. The smallest absolute Gasteiger partial charge is 0.241 e. The fourth-order valence-electron chi connectivity index (χ4n) is 3.66. The number of hydrogen-bond acceptors (Lipinski definition) is 3. The van der Waals surface area contributed by atoms with Crippen LogP contribution in [0.2, 0.25) is 0 Å². The predicted molar refractivity (Wildman–Crippen MR) is 108 cm³/mol. The number of carbonyl (C=O) groups is 2. The van der Waals surface area contributed by atoms with E-state index in [1.54, 1.807) is 0 Å². The first-order chi connectivity index (χ1) is 13.0. The van der Waals surface area contributed by atoms with Crippen LogP contribution in [0.4, 0.5) is 5.69 Å². The summed E-state index contributed by atoms with van der Waals surface area (Å²) >= 11 is 0. The minimum absolute atomic E-state index is 0.0890. The van der Waals surface area contributed by atoms with E-state index in [0.717, 1.165) is 48.9 Å². The predicted octanol–water partition coefficient (Wildman–Crippen LogP) is 3.62. The molecular formula is C22H31N3O2. The molecule has 2 aliphatic carbocycles. The van der Waals surface area contributed by atoms with Crippen LogP contribution in [0.3, 0.4) is 0 Å². The van der Waals surface area contributed by atoms with Gasteiger partial charge in [0.25, 0.3) is 0 Å². The molecule has 1 N–H and O–H groups in total. The first-order valence-corrected chi connectivity index (χ1v) is 10.0. The van der Waals surface area contributed by atoms with E-state index in [1.807, 2.05) is 48.9 Å². The van der Waals surface area contributed by atoms with Crippen molar-refractivity contribution in [3.63, 3.8) is 0 Å². The van der Waals surface area contributed by atoms with Gasteiger partial charge < -0.3 is 10.2 Å². The Bertz CT molecular complexity index is 737. The number of aryl methyl sites for hydroxylation is 1. The molecule has 1 aromatic rings. The third-order valence-electron chi connectivity index (χ3n) is 5.45. The van der Waals surface area contributed by atoms with Crippen molar-refractivity contribution in [2.75, 3.05) is 25.5 Å². The molecule has 27 heavy (non-hydrogen) atoms. The number of nitrogens with one attached hydrogen (secondary N) is 1. The molecule has 1 aromatic carbocycles.